The third-order valence-electron chi connectivity index (χ3n) is 2.92. The highest BCUT2D eigenvalue weighted by atomic mass is 79.9. The lowest BCUT2D eigenvalue weighted by molar-refractivity contribution is 0.103. The van der Waals surface area contributed by atoms with Gasteiger partial charge < -0.3 is 5.32 Å². The van der Waals surface area contributed by atoms with Gasteiger partial charge in [0.1, 0.15) is 0 Å². The summed E-state index contributed by atoms with van der Waals surface area (Å²) in [5.41, 5.74) is 2.60. The Bertz CT molecular complexity index is 641. The lowest BCUT2D eigenvalue weighted by Gasteiger charge is -2.09. The predicted octanol–water partition coefficient (Wildman–Crippen LogP) is 4.92. The molecule has 1 N–H and O–H groups in total. The van der Waals surface area contributed by atoms with Gasteiger partial charge in [0.15, 0.2) is 0 Å². The van der Waals surface area contributed by atoms with Gasteiger partial charge in [-0.25, -0.2) is 0 Å². The molecule has 108 valence electrons. The minimum atomic E-state index is -0.115. The van der Waals surface area contributed by atoms with Gasteiger partial charge >= 0.3 is 0 Å². The lowest BCUT2D eigenvalue weighted by atomic mass is 10.3. The minimum Gasteiger partial charge on any atom is -0.318 e. The van der Waals surface area contributed by atoms with Crippen molar-refractivity contribution in [2.45, 2.75) is 33.7 Å². The zero-order chi connectivity index (χ0) is 15.0. The number of anilines is 1. The predicted molar refractivity (Wildman–Crippen MR) is 89.8 cm³/mol. The van der Waals surface area contributed by atoms with E-state index in [-0.39, 0.29) is 11.9 Å². The Balaban J connectivity index is 2.28. The van der Waals surface area contributed by atoms with Crippen LogP contribution in [0.3, 0.4) is 0 Å². The Morgan fingerprint density at radius 2 is 2.05 bits per heavy atom. The number of aromatic nitrogens is 2. The van der Waals surface area contributed by atoms with E-state index in [0.717, 1.165) is 25.3 Å². The van der Waals surface area contributed by atoms with Crippen LogP contribution < -0.4 is 5.32 Å². The maximum atomic E-state index is 12.3. The van der Waals surface area contributed by atoms with Gasteiger partial charge in [-0.15, -0.1) is 11.3 Å². The molecular formula is C13H15Br2N3OS. The summed E-state index contributed by atoms with van der Waals surface area (Å²) < 4.78 is 3.72. The number of hydrogen-bond acceptors (Lipinski definition) is 3. The summed E-state index contributed by atoms with van der Waals surface area (Å²) in [6.07, 6.45) is 0. The number of aryl methyl sites for hydroxylation is 1. The Hall–Kier alpha value is -0.660. The Morgan fingerprint density at radius 3 is 2.50 bits per heavy atom. The molecule has 0 spiro atoms. The molecule has 20 heavy (non-hydrogen) atoms. The van der Waals surface area contributed by atoms with E-state index >= 15 is 0 Å². The molecule has 0 radical (unpaired) electrons. The summed E-state index contributed by atoms with van der Waals surface area (Å²) in [5, 5.41) is 7.42. The first-order valence-corrected chi connectivity index (χ1v) is 8.53. The van der Waals surface area contributed by atoms with Crippen molar-refractivity contribution in [1.82, 2.24) is 9.78 Å². The number of carbonyl (C=O) groups is 1. The molecule has 7 heteroatoms. The molecule has 0 unspecified atom stereocenters. The van der Waals surface area contributed by atoms with Crippen LogP contribution in [-0.4, -0.2) is 15.7 Å². The van der Waals surface area contributed by atoms with E-state index in [0.29, 0.717) is 4.88 Å². The number of hydrogen-bond donors (Lipinski definition) is 1. The standard InChI is InChI=1S/C13H15Br2N3OS/c1-6(2)18-8(4)11(7(3)17-18)16-13(19)10-5-9(14)12(15)20-10/h5-6H,1-4H3,(H,16,19). The summed E-state index contributed by atoms with van der Waals surface area (Å²) in [7, 11) is 0. The van der Waals surface area contributed by atoms with Gasteiger partial charge in [0, 0.05) is 10.5 Å². The van der Waals surface area contributed by atoms with Crippen molar-refractivity contribution < 1.29 is 4.79 Å². The topological polar surface area (TPSA) is 46.9 Å². The van der Waals surface area contributed by atoms with Crippen molar-refractivity contribution in [3.05, 3.63) is 30.6 Å². The number of rotatable bonds is 3. The maximum absolute atomic E-state index is 12.3. The highest BCUT2D eigenvalue weighted by Crippen LogP contribution is 2.33. The van der Waals surface area contributed by atoms with Gasteiger partial charge in [0.05, 0.1) is 25.7 Å². The average Bonchev–Trinajstić information content (AvgIpc) is 2.84. The molecule has 0 aliphatic rings. The number of amides is 1. The van der Waals surface area contributed by atoms with E-state index in [1.54, 1.807) is 0 Å². The van der Waals surface area contributed by atoms with E-state index in [1.807, 2.05) is 24.6 Å². The SMILES string of the molecule is Cc1nn(C(C)C)c(C)c1NC(=O)c1cc(Br)c(Br)s1. The van der Waals surface area contributed by atoms with Crippen molar-refractivity contribution in [2.75, 3.05) is 5.32 Å². The molecule has 0 atom stereocenters. The minimum absolute atomic E-state index is 0.115. The van der Waals surface area contributed by atoms with Crippen LogP contribution in [-0.2, 0) is 0 Å². The molecule has 2 aromatic heterocycles. The zero-order valence-electron chi connectivity index (χ0n) is 11.6. The molecule has 1 amide bonds. The summed E-state index contributed by atoms with van der Waals surface area (Å²) in [6.45, 7) is 8.01. The maximum Gasteiger partial charge on any atom is 0.265 e. The number of carbonyl (C=O) groups excluding carboxylic acids is 1. The molecule has 0 aliphatic heterocycles. The third-order valence-corrected chi connectivity index (χ3v) is 6.18. The molecule has 2 rings (SSSR count). The second kappa shape index (κ2) is 5.99. The van der Waals surface area contributed by atoms with Gasteiger partial charge in [-0.1, -0.05) is 0 Å². The number of halogens is 2. The second-order valence-corrected chi connectivity index (χ2v) is 7.99. The van der Waals surface area contributed by atoms with Crippen molar-refractivity contribution in [1.29, 1.82) is 0 Å². The van der Waals surface area contributed by atoms with Gasteiger partial charge in [0.2, 0.25) is 0 Å². The van der Waals surface area contributed by atoms with Crippen LogP contribution >= 0.6 is 43.2 Å². The molecule has 0 bridgehead atoms. The van der Waals surface area contributed by atoms with E-state index in [4.69, 9.17) is 0 Å². The molecule has 0 saturated heterocycles. The van der Waals surface area contributed by atoms with Gasteiger partial charge in [-0.3, -0.25) is 9.48 Å². The molecule has 0 saturated carbocycles. The molecule has 0 fully saturated rings. The number of nitrogens with zero attached hydrogens (tertiary/aromatic N) is 2. The molecule has 2 heterocycles. The summed E-state index contributed by atoms with van der Waals surface area (Å²) in [4.78, 5) is 12.9. The smallest absolute Gasteiger partial charge is 0.265 e. The summed E-state index contributed by atoms with van der Waals surface area (Å²) in [6, 6.07) is 2.08. The van der Waals surface area contributed by atoms with Crippen LogP contribution in [0.2, 0.25) is 0 Å². The quantitative estimate of drug-likeness (QED) is 0.765. The van der Waals surface area contributed by atoms with E-state index in [1.165, 1.54) is 11.3 Å². The summed E-state index contributed by atoms with van der Waals surface area (Å²) in [5.74, 6) is -0.115. The van der Waals surface area contributed by atoms with Crippen molar-refractivity contribution in [3.63, 3.8) is 0 Å². The van der Waals surface area contributed by atoms with Gasteiger partial charge in [-0.2, -0.15) is 5.10 Å². The van der Waals surface area contributed by atoms with Crippen LogP contribution in [0.25, 0.3) is 0 Å². The molecule has 4 nitrogen and oxygen atoms in total. The highest BCUT2D eigenvalue weighted by molar-refractivity contribution is 9.13. The van der Waals surface area contributed by atoms with Crippen LogP contribution in [0, 0.1) is 13.8 Å². The fraction of sp³-hybridized carbons (Fsp3) is 0.385. The first-order chi connectivity index (χ1) is 9.31. The molecule has 0 aromatic carbocycles. The van der Waals surface area contributed by atoms with Crippen LogP contribution in [0.1, 0.15) is 40.9 Å². The molecular weight excluding hydrogens is 406 g/mol. The van der Waals surface area contributed by atoms with Gasteiger partial charge in [-0.05, 0) is 65.6 Å². The molecule has 0 aliphatic carbocycles. The van der Waals surface area contributed by atoms with Crippen LogP contribution in [0.5, 0.6) is 0 Å². The second-order valence-electron chi connectivity index (χ2n) is 4.77. The van der Waals surface area contributed by atoms with Gasteiger partial charge in [0.25, 0.3) is 5.91 Å². The number of thiophene rings is 1. The third kappa shape index (κ3) is 2.99. The van der Waals surface area contributed by atoms with Crippen molar-refractivity contribution in [2.24, 2.45) is 0 Å². The number of nitrogens with one attached hydrogen (secondary N) is 1. The van der Waals surface area contributed by atoms with E-state index in [2.05, 4.69) is 56.1 Å². The van der Waals surface area contributed by atoms with Crippen molar-refractivity contribution in [3.8, 4) is 0 Å². The average molecular weight is 421 g/mol. The van der Waals surface area contributed by atoms with Crippen LogP contribution in [0.15, 0.2) is 14.3 Å². The van der Waals surface area contributed by atoms with E-state index < -0.39 is 0 Å². The molecule has 2 aromatic rings. The van der Waals surface area contributed by atoms with Crippen LogP contribution in [0.4, 0.5) is 5.69 Å². The fourth-order valence-corrected chi connectivity index (χ4v) is 3.91. The monoisotopic (exact) mass is 419 g/mol. The zero-order valence-corrected chi connectivity index (χ0v) is 15.6. The fourth-order valence-electron chi connectivity index (χ4n) is 1.98. The Kier molecular flexibility index (Phi) is 4.71. The lowest BCUT2D eigenvalue weighted by Crippen LogP contribution is -2.12. The highest BCUT2D eigenvalue weighted by Gasteiger charge is 2.18. The first-order valence-electron chi connectivity index (χ1n) is 6.13. The van der Waals surface area contributed by atoms with E-state index in [9.17, 15) is 4.79 Å². The first kappa shape index (κ1) is 15.7. The Morgan fingerprint density at radius 1 is 1.40 bits per heavy atom. The van der Waals surface area contributed by atoms with Crippen molar-refractivity contribution >= 4 is 54.8 Å². The Labute approximate surface area is 138 Å². The summed E-state index contributed by atoms with van der Waals surface area (Å²) >= 11 is 8.18. The normalized spacial score (nSPS) is 11.2. The largest absolute Gasteiger partial charge is 0.318 e.